The summed E-state index contributed by atoms with van der Waals surface area (Å²) >= 11 is 4.26. The van der Waals surface area contributed by atoms with Gasteiger partial charge in [-0.1, -0.05) is 15.9 Å². The van der Waals surface area contributed by atoms with E-state index in [0.717, 1.165) is 40.4 Å². The third kappa shape index (κ3) is 4.73. The molecule has 2 fully saturated rings. The quantitative estimate of drug-likeness (QED) is 0.633. The van der Waals surface area contributed by atoms with Crippen LogP contribution in [0.25, 0.3) is 6.08 Å². The van der Waals surface area contributed by atoms with E-state index < -0.39 is 11.1 Å². The molecule has 0 aliphatic carbocycles. The molecule has 8 heteroatoms. The number of hydrogen-bond acceptors (Lipinski definition) is 5. The van der Waals surface area contributed by atoms with Gasteiger partial charge in [-0.15, -0.1) is 0 Å². The number of piperidine rings is 1. The highest BCUT2D eigenvalue weighted by Gasteiger charge is 2.37. The Kier molecular flexibility index (Phi) is 6.59. The van der Waals surface area contributed by atoms with Gasteiger partial charge in [0.2, 0.25) is 5.91 Å². The number of ether oxygens (including phenoxy) is 1. The predicted octanol–water partition coefficient (Wildman–Crippen LogP) is 3.90. The lowest BCUT2D eigenvalue weighted by molar-refractivity contribution is -0.136. The van der Waals surface area contributed by atoms with Gasteiger partial charge in [0.15, 0.2) is 0 Å². The van der Waals surface area contributed by atoms with E-state index in [2.05, 4.69) is 15.9 Å². The molecule has 0 radical (unpaired) electrons. The molecule has 0 bridgehead atoms. The molecule has 3 rings (SSSR count). The van der Waals surface area contributed by atoms with Gasteiger partial charge in [0.05, 0.1) is 11.5 Å². The van der Waals surface area contributed by atoms with Crippen LogP contribution in [-0.4, -0.2) is 53.1 Å². The Morgan fingerprint density at radius 2 is 2.00 bits per heavy atom. The summed E-state index contributed by atoms with van der Waals surface area (Å²) in [5, 5.41) is -0.412. The van der Waals surface area contributed by atoms with Gasteiger partial charge < -0.3 is 9.64 Å². The van der Waals surface area contributed by atoms with Gasteiger partial charge in [-0.05, 0) is 62.2 Å². The zero-order valence-electron chi connectivity index (χ0n) is 15.1. The Bertz CT molecular complexity index is 790. The fourth-order valence-corrected chi connectivity index (χ4v) is 4.28. The number of halogens is 1. The smallest absolute Gasteiger partial charge is 0.294 e. The number of carbonyl (C=O) groups excluding carboxylic acids is 3. The summed E-state index contributed by atoms with van der Waals surface area (Å²) in [4.78, 5) is 40.5. The Hall–Kier alpha value is -1.80. The van der Waals surface area contributed by atoms with Gasteiger partial charge in [-0.25, -0.2) is 0 Å². The summed E-state index contributed by atoms with van der Waals surface area (Å²) in [5.41, 5.74) is 0.707. The predicted molar refractivity (Wildman–Crippen MR) is 108 cm³/mol. The van der Waals surface area contributed by atoms with Crippen molar-refractivity contribution < 1.29 is 19.1 Å². The van der Waals surface area contributed by atoms with Crippen molar-refractivity contribution in [2.75, 3.05) is 26.2 Å². The molecule has 0 N–H and O–H groups in total. The van der Waals surface area contributed by atoms with Gasteiger partial charge >= 0.3 is 0 Å². The first kappa shape index (κ1) is 19.9. The van der Waals surface area contributed by atoms with Crippen LogP contribution in [0.2, 0.25) is 0 Å². The van der Waals surface area contributed by atoms with Crippen LogP contribution in [0.5, 0.6) is 5.75 Å². The number of benzene rings is 1. The third-order valence-corrected chi connectivity index (χ3v) is 5.83. The number of likely N-dealkylation sites (tertiary alicyclic amines) is 1. The lowest BCUT2D eigenvalue weighted by atomic mass is 10.1. The molecule has 2 saturated heterocycles. The van der Waals surface area contributed by atoms with Gasteiger partial charge in [0.1, 0.15) is 12.3 Å². The van der Waals surface area contributed by atoms with Crippen molar-refractivity contribution in [3.05, 3.63) is 33.1 Å². The monoisotopic (exact) mass is 452 g/mol. The summed E-state index contributed by atoms with van der Waals surface area (Å²) in [6.07, 6.45) is 4.70. The molecule has 0 unspecified atom stereocenters. The van der Waals surface area contributed by atoms with E-state index in [4.69, 9.17) is 4.74 Å². The Morgan fingerprint density at radius 3 is 2.70 bits per heavy atom. The Morgan fingerprint density at radius 1 is 1.26 bits per heavy atom. The first-order valence-electron chi connectivity index (χ1n) is 8.95. The maximum atomic E-state index is 12.7. The van der Waals surface area contributed by atoms with Crippen molar-refractivity contribution in [1.82, 2.24) is 9.80 Å². The average molecular weight is 453 g/mol. The summed E-state index contributed by atoms with van der Waals surface area (Å²) in [7, 11) is 0. The van der Waals surface area contributed by atoms with Crippen LogP contribution in [0, 0.1) is 0 Å². The minimum absolute atomic E-state index is 0.171. The SMILES string of the molecule is CCOc1ccc(Br)cc1/C=C1\SC(=O)N(CC(=O)N2CCCCC2)C1=O. The number of amides is 3. The molecule has 2 aliphatic heterocycles. The van der Waals surface area contributed by atoms with Crippen LogP contribution >= 0.6 is 27.7 Å². The molecule has 6 nitrogen and oxygen atoms in total. The average Bonchev–Trinajstić information content (AvgIpc) is 2.92. The maximum Gasteiger partial charge on any atom is 0.294 e. The molecule has 0 atom stereocenters. The van der Waals surface area contributed by atoms with E-state index >= 15 is 0 Å². The lowest BCUT2D eigenvalue weighted by Crippen LogP contribution is -2.44. The van der Waals surface area contributed by atoms with E-state index in [-0.39, 0.29) is 12.5 Å². The van der Waals surface area contributed by atoms with Gasteiger partial charge in [0.25, 0.3) is 11.1 Å². The van der Waals surface area contributed by atoms with Crippen molar-refractivity contribution >= 4 is 50.8 Å². The molecule has 3 amide bonds. The van der Waals surface area contributed by atoms with E-state index in [9.17, 15) is 14.4 Å². The fraction of sp³-hybridized carbons (Fsp3) is 0.421. The highest BCUT2D eigenvalue weighted by Crippen LogP contribution is 2.35. The Labute approximate surface area is 171 Å². The molecule has 0 spiro atoms. The zero-order valence-corrected chi connectivity index (χ0v) is 17.5. The van der Waals surface area contributed by atoms with Gasteiger partial charge in [0, 0.05) is 23.1 Å². The van der Waals surface area contributed by atoms with E-state index in [1.807, 2.05) is 25.1 Å². The largest absolute Gasteiger partial charge is 0.493 e. The van der Waals surface area contributed by atoms with Crippen molar-refractivity contribution in [2.45, 2.75) is 26.2 Å². The van der Waals surface area contributed by atoms with E-state index in [0.29, 0.717) is 35.9 Å². The lowest BCUT2D eigenvalue weighted by Gasteiger charge is -2.27. The van der Waals surface area contributed by atoms with Crippen LogP contribution in [0.3, 0.4) is 0 Å². The fourth-order valence-electron chi connectivity index (χ4n) is 3.08. The number of hydrogen-bond donors (Lipinski definition) is 0. The highest BCUT2D eigenvalue weighted by atomic mass is 79.9. The van der Waals surface area contributed by atoms with E-state index in [1.54, 1.807) is 11.0 Å². The topological polar surface area (TPSA) is 66.9 Å². The van der Waals surface area contributed by atoms with Crippen LogP contribution in [0.4, 0.5) is 4.79 Å². The summed E-state index contributed by atoms with van der Waals surface area (Å²) in [6, 6.07) is 5.49. The van der Waals surface area contributed by atoms with Gasteiger partial charge in [-0.3, -0.25) is 19.3 Å². The first-order valence-corrected chi connectivity index (χ1v) is 10.6. The number of carbonyl (C=O) groups is 3. The van der Waals surface area contributed by atoms with Crippen LogP contribution in [0.1, 0.15) is 31.7 Å². The van der Waals surface area contributed by atoms with Crippen molar-refractivity contribution in [3.8, 4) is 5.75 Å². The van der Waals surface area contributed by atoms with Crippen LogP contribution in [0.15, 0.2) is 27.6 Å². The summed E-state index contributed by atoms with van der Waals surface area (Å²) in [5.74, 6) is 0.0328. The van der Waals surface area contributed by atoms with Crippen LogP contribution < -0.4 is 4.74 Å². The minimum atomic E-state index is -0.433. The molecule has 1 aromatic rings. The second kappa shape index (κ2) is 8.93. The number of imide groups is 1. The second-order valence-electron chi connectivity index (χ2n) is 6.32. The Balaban J connectivity index is 1.76. The summed E-state index contributed by atoms with van der Waals surface area (Å²) in [6.45, 7) is 3.57. The highest BCUT2D eigenvalue weighted by molar-refractivity contribution is 9.10. The zero-order chi connectivity index (χ0) is 19.4. The summed E-state index contributed by atoms with van der Waals surface area (Å²) < 4.78 is 6.43. The van der Waals surface area contributed by atoms with Crippen LogP contribution in [-0.2, 0) is 9.59 Å². The second-order valence-corrected chi connectivity index (χ2v) is 8.23. The standard InChI is InChI=1S/C19H21BrN2O4S/c1-2-26-15-7-6-14(20)10-13(15)11-16-18(24)22(19(25)27-16)12-17(23)21-8-4-3-5-9-21/h6-7,10-11H,2-5,8-9,12H2,1H3/b16-11-. The number of thioether (sulfide) groups is 1. The minimum Gasteiger partial charge on any atom is -0.493 e. The van der Waals surface area contributed by atoms with Crippen molar-refractivity contribution in [2.24, 2.45) is 0 Å². The molecule has 0 aromatic heterocycles. The molecule has 2 aliphatic rings. The van der Waals surface area contributed by atoms with Crippen molar-refractivity contribution in [3.63, 3.8) is 0 Å². The maximum absolute atomic E-state index is 12.7. The third-order valence-electron chi connectivity index (χ3n) is 4.43. The first-order chi connectivity index (χ1) is 13.0. The number of rotatable bonds is 5. The normalized spacial score (nSPS) is 19.1. The van der Waals surface area contributed by atoms with Crippen molar-refractivity contribution in [1.29, 1.82) is 0 Å². The molecular weight excluding hydrogens is 432 g/mol. The molecule has 1 aromatic carbocycles. The molecule has 144 valence electrons. The molecular formula is C19H21BrN2O4S. The van der Waals surface area contributed by atoms with Gasteiger partial charge in [-0.2, -0.15) is 0 Å². The molecule has 2 heterocycles. The van der Waals surface area contributed by atoms with E-state index in [1.165, 1.54) is 0 Å². The molecule has 27 heavy (non-hydrogen) atoms. The number of nitrogens with zero attached hydrogens (tertiary/aromatic N) is 2. The molecule has 0 saturated carbocycles.